The molecule has 1 aromatic rings. The summed E-state index contributed by atoms with van der Waals surface area (Å²) in [7, 11) is 0. The molecule has 2 atom stereocenters. The van der Waals surface area contributed by atoms with Crippen molar-refractivity contribution in [2.75, 3.05) is 6.54 Å². The summed E-state index contributed by atoms with van der Waals surface area (Å²) >= 11 is 1.73. The monoisotopic (exact) mass is 281 g/mol. The van der Waals surface area contributed by atoms with Gasteiger partial charge in [0.15, 0.2) is 0 Å². The maximum absolute atomic E-state index is 12.1. The van der Waals surface area contributed by atoms with Crippen LogP contribution in [0.5, 0.6) is 0 Å². The summed E-state index contributed by atoms with van der Waals surface area (Å²) in [6.07, 6.45) is 4.62. The summed E-state index contributed by atoms with van der Waals surface area (Å²) in [4.78, 5) is 13.5. The van der Waals surface area contributed by atoms with Crippen molar-refractivity contribution in [2.24, 2.45) is 5.92 Å². The van der Waals surface area contributed by atoms with Gasteiger partial charge in [-0.25, -0.2) is 0 Å². The third-order valence-electron chi connectivity index (χ3n) is 3.73. The van der Waals surface area contributed by atoms with Crippen molar-refractivity contribution in [1.82, 2.24) is 5.32 Å². The second-order valence-corrected chi connectivity index (χ2v) is 6.61. The van der Waals surface area contributed by atoms with Crippen LogP contribution in [0.15, 0.2) is 5.38 Å². The molecule has 2 rings (SSSR count). The fourth-order valence-corrected chi connectivity index (χ4v) is 3.81. The van der Waals surface area contributed by atoms with Crippen LogP contribution in [-0.4, -0.2) is 23.7 Å². The van der Waals surface area contributed by atoms with Gasteiger partial charge in [-0.3, -0.25) is 4.79 Å². The van der Waals surface area contributed by atoms with Gasteiger partial charge in [0, 0.05) is 16.8 Å². The number of carbonyl (C=O) groups is 1. The molecule has 19 heavy (non-hydrogen) atoms. The molecule has 0 aliphatic heterocycles. The second kappa shape index (κ2) is 6.53. The van der Waals surface area contributed by atoms with E-state index >= 15 is 0 Å². The lowest BCUT2D eigenvalue weighted by atomic mass is 9.88. The molecule has 4 heteroatoms. The largest absolute Gasteiger partial charge is 0.393 e. The fraction of sp³-hybridized carbons (Fsp3) is 0.667. The molecule has 0 spiro atoms. The lowest BCUT2D eigenvalue weighted by molar-refractivity contribution is 0.0949. The zero-order chi connectivity index (χ0) is 13.8. The average molecular weight is 281 g/mol. The number of carbonyl (C=O) groups excluding carboxylic acids is 1. The number of nitrogens with one attached hydrogen (secondary N) is 1. The Kier molecular flexibility index (Phi) is 4.99. The predicted molar refractivity (Wildman–Crippen MR) is 78.8 cm³/mol. The van der Waals surface area contributed by atoms with Crippen molar-refractivity contribution in [3.8, 4) is 0 Å². The molecule has 0 saturated heterocycles. The molecule has 0 radical (unpaired) electrons. The van der Waals surface area contributed by atoms with Gasteiger partial charge in [-0.15, -0.1) is 11.3 Å². The third-order valence-corrected chi connectivity index (χ3v) is 4.78. The summed E-state index contributed by atoms with van der Waals surface area (Å²) < 4.78 is 0. The van der Waals surface area contributed by atoms with Gasteiger partial charge >= 0.3 is 0 Å². The van der Waals surface area contributed by atoms with E-state index in [1.807, 2.05) is 5.38 Å². The number of amides is 1. The van der Waals surface area contributed by atoms with Crippen LogP contribution in [0.2, 0.25) is 0 Å². The SMILES string of the molecule is CC(O)CCCNC(=O)c1csc2c1CCC(C)C2. The van der Waals surface area contributed by atoms with Crippen LogP contribution in [0.4, 0.5) is 0 Å². The number of thiophene rings is 1. The van der Waals surface area contributed by atoms with Crippen molar-refractivity contribution in [3.05, 3.63) is 21.4 Å². The number of aliphatic hydroxyl groups is 1. The number of fused-ring (bicyclic) bond motifs is 1. The van der Waals surface area contributed by atoms with Crippen molar-refractivity contribution < 1.29 is 9.90 Å². The Hall–Kier alpha value is -0.870. The first-order chi connectivity index (χ1) is 9.08. The van der Waals surface area contributed by atoms with E-state index in [0.29, 0.717) is 6.54 Å². The minimum atomic E-state index is -0.285. The normalized spacial score (nSPS) is 19.8. The maximum Gasteiger partial charge on any atom is 0.252 e. The summed E-state index contributed by atoms with van der Waals surface area (Å²) in [5, 5.41) is 14.1. The molecule has 0 bridgehead atoms. The van der Waals surface area contributed by atoms with E-state index < -0.39 is 0 Å². The van der Waals surface area contributed by atoms with E-state index in [1.54, 1.807) is 18.3 Å². The standard InChI is InChI=1S/C15H23NO2S/c1-10-5-6-12-13(9-19-14(12)8-10)15(18)16-7-3-4-11(2)17/h9-11,17H,3-8H2,1-2H3,(H,16,18). The van der Waals surface area contributed by atoms with E-state index in [4.69, 9.17) is 0 Å². The van der Waals surface area contributed by atoms with Crippen LogP contribution in [0.1, 0.15) is 53.9 Å². The van der Waals surface area contributed by atoms with Gasteiger partial charge < -0.3 is 10.4 Å². The summed E-state index contributed by atoms with van der Waals surface area (Å²) in [6.45, 7) is 4.70. The molecular formula is C15H23NO2S. The topological polar surface area (TPSA) is 49.3 Å². The molecule has 0 saturated carbocycles. The van der Waals surface area contributed by atoms with Gasteiger partial charge in [-0.1, -0.05) is 6.92 Å². The van der Waals surface area contributed by atoms with Crippen molar-refractivity contribution in [2.45, 2.75) is 52.1 Å². The first-order valence-electron chi connectivity index (χ1n) is 7.13. The zero-order valence-electron chi connectivity index (χ0n) is 11.7. The van der Waals surface area contributed by atoms with Gasteiger partial charge in [-0.05, 0) is 50.5 Å². The Morgan fingerprint density at radius 1 is 1.63 bits per heavy atom. The lowest BCUT2D eigenvalue weighted by Gasteiger charge is -2.18. The van der Waals surface area contributed by atoms with Crippen LogP contribution in [0.25, 0.3) is 0 Å². The molecule has 2 unspecified atom stereocenters. The molecular weight excluding hydrogens is 258 g/mol. The van der Waals surface area contributed by atoms with E-state index in [2.05, 4.69) is 12.2 Å². The molecule has 1 amide bonds. The summed E-state index contributed by atoms with van der Waals surface area (Å²) in [5.41, 5.74) is 2.15. The fourth-order valence-electron chi connectivity index (χ4n) is 2.56. The predicted octanol–water partition coefficient (Wildman–Crippen LogP) is 2.76. The van der Waals surface area contributed by atoms with Crippen LogP contribution in [0, 0.1) is 5.92 Å². The number of aliphatic hydroxyl groups excluding tert-OH is 1. The Balaban J connectivity index is 1.90. The van der Waals surface area contributed by atoms with Gasteiger partial charge in [0.2, 0.25) is 0 Å². The highest BCUT2D eigenvalue weighted by Crippen LogP contribution is 2.32. The molecule has 3 nitrogen and oxygen atoms in total. The number of hydrogen-bond donors (Lipinski definition) is 2. The van der Waals surface area contributed by atoms with Crippen LogP contribution >= 0.6 is 11.3 Å². The number of hydrogen-bond acceptors (Lipinski definition) is 3. The molecule has 1 aliphatic carbocycles. The Morgan fingerprint density at radius 2 is 2.42 bits per heavy atom. The molecule has 1 aromatic heterocycles. The van der Waals surface area contributed by atoms with Gasteiger partial charge in [0.05, 0.1) is 11.7 Å². The average Bonchev–Trinajstić information content (AvgIpc) is 2.77. The molecule has 2 N–H and O–H groups in total. The highest BCUT2D eigenvalue weighted by atomic mass is 32.1. The highest BCUT2D eigenvalue weighted by Gasteiger charge is 2.22. The lowest BCUT2D eigenvalue weighted by Crippen LogP contribution is -2.26. The van der Waals surface area contributed by atoms with Crippen molar-refractivity contribution in [3.63, 3.8) is 0 Å². The summed E-state index contributed by atoms with van der Waals surface area (Å²) in [5.74, 6) is 0.797. The maximum atomic E-state index is 12.1. The van der Waals surface area contributed by atoms with E-state index in [9.17, 15) is 9.90 Å². The molecule has 1 aliphatic rings. The van der Waals surface area contributed by atoms with Crippen LogP contribution in [-0.2, 0) is 12.8 Å². The molecule has 106 valence electrons. The molecule has 0 fully saturated rings. The van der Waals surface area contributed by atoms with Crippen molar-refractivity contribution >= 4 is 17.2 Å². The van der Waals surface area contributed by atoms with E-state index in [0.717, 1.165) is 37.2 Å². The van der Waals surface area contributed by atoms with Crippen LogP contribution < -0.4 is 5.32 Å². The summed E-state index contributed by atoms with van der Waals surface area (Å²) in [6, 6.07) is 0. The van der Waals surface area contributed by atoms with Gasteiger partial charge in [-0.2, -0.15) is 0 Å². The minimum absolute atomic E-state index is 0.0534. The zero-order valence-corrected chi connectivity index (χ0v) is 12.6. The van der Waals surface area contributed by atoms with E-state index in [-0.39, 0.29) is 12.0 Å². The van der Waals surface area contributed by atoms with E-state index in [1.165, 1.54) is 16.9 Å². The Labute approximate surface area is 119 Å². The van der Waals surface area contributed by atoms with Gasteiger partial charge in [0.1, 0.15) is 0 Å². The Morgan fingerprint density at radius 3 is 3.16 bits per heavy atom. The highest BCUT2D eigenvalue weighted by molar-refractivity contribution is 7.10. The van der Waals surface area contributed by atoms with Crippen molar-refractivity contribution in [1.29, 1.82) is 0 Å². The third kappa shape index (κ3) is 3.80. The smallest absolute Gasteiger partial charge is 0.252 e. The van der Waals surface area contributed by atoms with Gasteiger partial charge in [0.25, 0.3) is 5.91 Å². The molecule has 0 aromatic carbocycles. The first-order valence-corrected chi connectivity index (χ1v) is 8.01. The quantitative estimate of drug-likeness (QED) is 0.815. The Bertz CT molecular complexity index is 439. The minimum Gasteiger partial charge on any atom is -0.393 e. The van der Waals surface area contributed by atoms with Crippen LogP contribution in [0.3, 0.4) is 0 Å². The second-order valence-electron chi connectivity index (χ2n) is 5.65. The molecule has 1 heterocycles. The first kappa shape index (κ1) is 14.5. The number of rotatable bonds is 5.